The predicted molar refractivity (Wildman–Crippen MR) is 144 cm³/mol. The second kappa shape index (κ2) is 11.8. The largest absolute Gasteiger partial charge is 0.491 e. The lowest BCUT2D eigenvalue weighted by atomic mass is 10.0. The number of benzene rings is 2. The molecule has 0 fully saturated rings. The zero-order chi connectivity index (χ0) is 26.6. The Morgan fingerprint density at radius 1 is 1.16 bits per heavy atom. The SMILES string of the molecule is CC[C@H](C)CN(CC(=O)N1CCc2sccc2[C@@H]1COc1ccc(F)cc1)S(=O)(=O)c1ccc(C)cc1. The van der Waals surface area contributed by atoms with E-state index in [4.69, 9.17) is 4.74 Å². The first-order chi connectivity index (χ1) is 17.7. The monoisotopic (exact) mass is 544 g/mol. The van der Waals surface area contributed by atoms with E-state index >= 15 is 0 Å². The van der Waals surface area contributed by atoms with Gasteiger partial charge in [-0.15, -0.1) is 11.3 Å². The molecule has 198 valence electrons. The summed E-state index contributed by atoms with van der Waals surface area (Å²) in [4.78, 5) is 16.8. The van der Waals surface area contributed by atoms with Crippen molar-refractivity contribution >= 4 is 27.3 Å². The third kappa shape index (κ3) is 6.40. The maximum Gasteiger partial charge on any atom is 0.243 e. The fraction of sp³-hybridized carbons (Fsp3) is 0.393. The molecule has 0 spiro atoms. The average Bonchev–Trinajstić information content (AvgIpc) is 3.37. The molecule has 0 saturated carbocycles. The van der Waals surface area contributed by atoms with Gasteiger partial charge < -0.3 is 9.64 Å². The average molecular weight is 545 g/mol. The fourth-order valence-corrected chi connectivity index (χ4v) is 6.84. The van der Waals surface area contributed by atoms with Crippen LogP contribution >= 0.6 is 11.3 Å². The zero-order valence-corrected chi connectivity index (χ0v) is 23.0. The summed E-state index contributed by atoms with van der Waals surface area (Å²) in [7, 11) is -3.86. The molecule has 0 N–H and O–H groups in total. The summed E-state index contributed by atoms with van der Waals surface area (Å²) in [5.41, 5.74) is 1.98. The second-order valence-electron chi connectivity index (χ2n) is 9.54. The molecule has 37 heavy (non-hydrogen) atoms. The van der Waals surface area contributed by atoms with E-state index in [9.17, 15) is 17.6 Å². The number of sulfonamides is 1. The maximum atomic E-state index is 13.7. The van der Waals surface area contributed by atoms with Crippen LogP contribution in [0.3, 0.4) is 0 Å². The Kier molecular flexibility index (Phi) is 8.67. The van der Waals surface area contributed by atoms with Gasteiger partial charge in [0.15, 0.2) is 0 Å². The minimum Gasteiger partial charge on any atom is -0.491 e. The summed E-state index contributed by atoms with van der Waals surface area (Å²) < 4.78 is 47.8. The van der Waals surface area contributed by atoms with E-state index in [1.807, 2.05) is 32.2 Å². The van der Waals surface area contributed by atoms with Gasteiger partial charge in [0.1, 0.15) is 18.2 Å². The Bertz CT molecular complexity index is 1310. The van der Waals surface area contributed by atoms with Crippen LogP contribution in [-0.2, 0) is 21.2 Å². The van der Waals surface area contributed by atoms with Gasteiger partial charge in [0.25, 0.3) is 0 Å². The van der Waals surface area contributed by atoms with Crippen molar-refractivity contribution in [2.24, 2.45) is 5.92 Å². The van der Waals surface area contributed by atoms with Crippen molar-refractivity contribution in [3.05, 3.63) is 81.8 Å². The van der Waals surface area contributed by atoms with Gasteiger partial charge in [0.2, 0.25) is 15.9 Å². The molecule has 3 aromatic rings. The van der Waals surface area contributed by atoms with Gasteiger partial charge in [-0.2, -0.15) is 4.31 Å². The van der Waals surface area contributed by atoms with E-state index in [0.29, 0.717) is 18.7 Å². The van der Waals surface area contributed by atoms with E-state index < -0.39 is 10.0 Å². The van der Waals surface area contributed by atoms with Crippen molar-refractivity contribution in [1.82, 2.24) is 9.21 Å². The highest BCUT2D eigenvalue weighted by atomic mass is 32.2. The fourth-order valence-electron chi connectivity index (χ4n) is 4.41. The highest BCUT2D eigenvalue weighted by molar-refractivity contribution is 7.89. The van der Waals surface area contributed by atoms with Gasteiger partial charge in [-0.1, -0.05) is 38.0 Å². The summed E-state index contributed by atoms with van der Waals surface area (Å²) in [5, 5.41) is 2.00. The third-order valence-electron chi connectivity index (χ3n) is 6.82. The van der Waals surface area contributed by atoms with Crippen molar-refractivity contribution in [3.63, 3.8) is 0 Å². The van der Waals surface area contributed by atoms with Crippen LogP contribution in [0, 0.1) is 18.7 Å². The number of hydrogen-bond donors (Lipinski definition) is 0. The standard InChI is InChI=1S/C28H33FN2O4S2/c1-4-20(2)17-30(37(33,34)24-11-5-21(3)6-12-24)18-28(32)31-15-13-27-25(14-16-36-27)26(31)19-35-23-9-7-22(29)8-10-23/h5-12,14,16,20,26H,4,13,15,17-19H2,1-3H3/t20-,26-/m0/s1. The topological polar surface area (TPSA) is 66.9 Å². The van der Waals surface area contributed by atoms with E-state index in [0.717, 1.165) is 17.5 Å². The molecule has 0 unspecified atom stereocenters. The highest BCUT2D eigenvalue weighted by Gasteiger charge is 2.35. The molecule has 0 radical (unpaired) electrons. The van der Waals surface area contributed by atoms with Gasteiger partial charge >= 0.3 is 0 Å². The quantitative estimate of drug-likeness (QED) is 0.341. The highest BCUT2D eigenvalue weighted by Crippen LogP contribution is 2.34. The van der Waals surface area contributed by atoms with Crippen LogP contribution in [0.5, 0.6) is 5.75 Å². The molecule has 6 nitrogen and oxygen atoms in total. The predicted octanol–water partition coefficient (Wildman–Crippen LogP) is 5.44. The minimum absolute atomic E-state index is 0.0930. The van der Waals surface area contributed by atoms with Crippen molar-refractivity contribution in [3.8, 4) is 5.75 Å². The number of ether oxygens (including phenoxy) is 1. The molecular weight excluding hydrogens is 511 g/mol. The van der Waals surface area contributed by atoms with Crippen LogP contribution in [0.4, 0.5) is 4.39 Å². The Hall–Kier alpha value is -2.75. The lowest BCUT2D eigenvalue weighted by molar-refractivity contribution is -0.135. The first-order valence-electron chi connectivity index (χ1n) is 12.5. The summed E-state index contributed by atoms with van der Waals surface area (Å²) in [5.74, 6) is -0.00590. The summed E-state index contributed by atoms with van der Waals surface area (Å²) in [6.07, 6.45) is 1.51. The molecule has 0 saturated heterocycles. The van der Waals surface area contributed by atoms with E-state index in [2.05, 4.69) is 0 Å². The van der Waals surface area contributed by atoms with Crippen molar-refractivity contribution < 1.29 is 22.3 Å². The molecule has 1 aliphatic heterocycles. The minimum atomic E-state index is -3.86. The number of carbonyl (C=O) groups is 1. The number of hydrogen-bond acceptors (Lipinski definition) is 5. The molecular formula is C28H33FN2O4S2. The Morgan fingerprint density at radius 2 is 1.86 bits per heavy atom. The maximum absolute atomic E-state index is 13.7. The number of aryl methyl sites for hydroxylation is 1. The number of rotatable bonds is 10. The molecule has 1 aromatic heterocycles. The number of amides is 1. The number of carbonyl (C=O) groups excluding carboxylic acids is 1. The molecule has 9 heteroatoms. The van der Waals surface area contributed by atoms with Crippen LogP contribution in [0.15, 0.2) is 64.9 Å². The molecule has 4 rings (SSSR count). The van der Waals surface area contributed by atoms with Gasteiger partial charge in [-0.05, 0) is 72.7 Å². The third-order valence-corrected chi connectivity index (χ3v) is 9.64. The summed E-state index contributed by atoms with van der Waals surface area (Å²) in [6.45, 7) is 6.58. The van der Waals surface area contributed by atoms with Gasteiger partial charge in [-0.3, -0.25) is 4.79 Å². The van der Waals surface area contributed by atoms with E-state index in [1.54, 1.807) is 52.6 Å². The Balaban J connectivity index is 1.58. The molecule has 2 aromatic carbocycles. The number of fused-ring (bicyclic) bond motifs is 1. The van der Waals surface area contributed by atoms with Gasteiger partial charge in [0, 0.05) is 18.0 Å². The lowest BCUT2D eigenvalue weighted by Crippen LogP contribution is -2.48. The normalized spacial score (nSPS) is 16.5. The smallest absolute Gasteiger partial charge is 0.243 e. The Morgan fingerprint density at radius 3 is 2.54 bits per heavy atom. The Labute approximate surface area is 222 Å². The number of halogens is 1. The van der Waals surface area contributed by atoms with E-state index in [1.165, 1.54) is 21.3 Å². The first-order valence-corrected chi connectivity index (χ1v) is 14.8. The second-order valence-corrected chi connectivity index (χ2v) is 12.5. The lowest BCUT2D eigenvalue weighted by Gasteiger charge is -2.37. The van der Waals surface area contributed by atoms with Crippen molar-refractivity contribution in [2.75, 3.05) is 26.2 Å². The summed E-state index contributed by atoms with van der Waals surface area (Å²) in [6, 6.07) is 14.1. The molecule has 2 atom stereocenters. The van der Waals surface area contributed by atoms with Crippen LogP contribution in [0.1, 0.15) is 42.3 Å². The number of thiophene rings is 1. The first kappa shape index (κ1) is 27.3. The van der Waals surface area contributed by atoms with E-state index in [-0.39, 0.29) is 48.3 Å². The zero-order valence-electron chi connectivity index (χ0n) is 21.4. The van der Waals surface area contributed by atoms with Crippen LogP contribution in [-0.4, -0.2) is 49.8 Å². The molecule has 0 aliphatic carbocycles. The molecule has 0 bridgehead atoms. The molecule has 1 amide bonds. The van der Waals surface area contributed by atoms with Crippen molar-refractivity contribution in [1.29, 1.82) is 0 Å². The van der Waals surface area contributed by atoms with Crippen LogP contribution in [0.2, 0.25) is 0 Å². The van der Waals surface area contributed by atoms with Crippen LogP contribution in [0.25, 0.3) is 0 Å². The van der Waals surface area contributed by atoms with Crippen molar-refractivity contribution in [2.45, 2.75) is 44.6 Å². The van der Waals surface area contributed by atoms with Gasteiger partial charge in [-0.25, -0.2) is 12.8 Å². The molecule has 2 heterocycles. The summed E-state index contributed by atoms with van der Waals surface area (Å²) >= 11 is 1.65. The number of nitrogens with zero attached hydrogens (tertiary/aromatic N) is 2. The molecule has 1 aliphatic rings. The van der Waals surface area contributed by atoms with Crippen LogP contribution < -0.4 is 4.74 Å². The van der Waals surface area contributed by atoms with Gasteiger partial charge in [0.05, 0.1) is 17.5 Å².